The summed E-state index contributed by atoms with van der Waals surface area (Å²) in [6.45, 7) is 0. The number of benzene rings is 2. The minimum atomic E-state index is -0.986. The number of phenols is 2. The van der Waals surface area contributed by atoms with E-state index in [9.17, 15) is 9.59 Å². The number of phenolic OH excluding ortho intramolecular Hbond substituents is 2. The summed E-state index contributed by atoms with van der Waals surface area (Å²) < 4.78 is 0. The van der Waals surface area contributed by atoms with E-state index < -0.39 is 5.97 Å². The van der Waals surface area contributed by atoms with Gasteiger partial charge in [-0.15, -0.1) is 0 Å². The highest BCUT2D eigenvalue weighted by Gasteiger charge is 1.99. The summed E-state index contributed by atoms with van der Waals surface area (Å²) in [4.78, 5) is 20.3. The van der Waals surface area contributed by atoms with Crippen LogP contribution in [0.4, 0.5) is 0 Å². The Hall–Kier alpha value is -2.82. The molecule has 3 N–H and O–H groups in total. The molecule has 5 nitrogen and oxygen atoms in total. The van der Waals surface area contributed by atoms with Crippen LogP contribution in [0.1, 0.15) is 20.7 Å². The number of aromatic carboxylic acids is 1. The van der Waals surface area contributed by atoms with Crippen molar-refractivity contribution in [2.45, 2.75) is 0 Å². The Balaban J connectivity index is 0.000000191. The number of rotatable bonds is 2. The average molecular weight is 260 g/mol. The Labute approximate surface area is 109 Å². The van der Waals surface area contributed by atoms with Crippen molar-refractivity contribution in [3.63, 3.8) is 0 Å². The summed E-state index contributed by atoms with van der Waals surface area (Å²) in [7, 11) is 0. The van der Waals surface area contributed by atoms with Gasteiger partial charge in [-0.1, -0.05) is 0 Å². The number of aldehydes is 1. The molecule has 0 atom stereocenters. The molecule has 0 aromatic heterocycles. The van der Waals surface area contributed by atoms with Gasteiger partial charge >= 0.3 is 5.97 Å². The fraction of sp³-hybridized carbons (Fsp3) is 0. The molecule has 2 aromatic rings. The summed E-state index contributed by atoms with van der Waals surface area (Å²) in [6.07, 6.45) is 0.736. The van der Waals surface area contributed by atoms with E-state index in [2.05, 4.69) is 0 Å². The fourth-order valence-electron chi connectivity index (χ4n) is 1.16. The molecule has 0 unspecified atom stereocenters. The van der Waals surface area contributed by atoms with Crippen molar-refractivity contribution in [1.82, 2.24) is 0 Å². The van der Waals surface area contributed by atoms with Gasteiger partial charge in [0.2, 0.25) is 0 Å². The summed E-state index contributed by atoms with van der Waals surface area (Å²) in [5, 5.41) is 25.9. The van der Waals surface area contributed by atoms with Gasteiger partial charge in [0.15, 0.2) is 0 Å². The van der Waals surface area contributed by atoms with Crippen molar-refractivity contribution in [2.75, 3.05) is 0 Å². The second kappa shape index (κ2) is 6.80. The molecule has 0 aliphatic rings. The van der Waals surface area contributed by atoms with Gasteiger partial charge in [0.1, 0.15) is 17.8 Å². The van der Waals surface area contributed by atoms with Gasteiger partial charge in [0.25, 0.3) is 0 Å². The van der Waals surface area contributed by atoms with Crippen molar-refractivity contribution in [3.05, 3.63) is 59.7 Å². The van der Waals surface area contributed by atoms with Crippen LogP contribution in [-0.2, 0) is 0 Å². The van der Waals surface area contributed by atoms with Crippen molar-refractivity contribution >= 4 is 12.3 Å². The van der Waals surface area contributed by atoms with E-state index in [-0.39, 0.29) is 17.1 Å². The van der Waals surface area contributed by atoms with Crippen LogP contribution >= 0.6 is 0 Å². The SMILES string of the molecule is O=C(O)c1ccc(O)cc1.O=Cc1ccc(O)cc1. The third-order valence-corrected chi connectivity index (χ3v) is 2.14. The predicted octanol–water partition coefficient (Wildman–Crippen LogP) is 2.30. The third kappa shape index (κ3) is 4.91. The summed E-state index contributed by atoms with van der Waals surface area (Å²) in [6, 6.07) is 11.4. The van der Waals surface area contributed by atoms with Gasteiger partial charge in [0.05, 0.1) is 5.56 Å². The Morgan fingerprint density at radius 1 is 0.842 bits per heavy atom. The number of carboxylic acids is 1. The van der Waals surface area contributed by atoms with Crippen LogP contribution in [0.3, 0.4) is 0 Å². The number of hydrogen-bond donors (Lipinski definition) is 3. The van der Waals surface area contributed by atoms with Crippen molar-refractivity contribution in [3.8, 4) is 11.5 Å². The highest BCUT2D eigenvalue weighted by atomic mass is 16.4. The van der Waals surface area contributed by atoms with E-state index >= 15 is 0 Å². The summed E-state index contributed by atoms with van der Waals surface area (Å²) in [5.41, 5.74) is 0.755. The lowest BCUT2D eigenvalue weighted by molar-refractivity contribution is 0.0696. The minimum absolute atomic E-state index is 0.0741. The van der Waals surface area contributed by atoms with Crippen LogP contribution in [0.2, 0.25) is 0 Å². The van der Waals surface area contributed by atoms with Crippen molar-refractivity contribution in [1.29, 1.82) is 0 Å². The molecule has 0 amide bonds. The molecule has 0 aliphatic heterocycles. The lowest BCUT2D eigenvalue weighted by atomic mass is 10.2. The maximum absolute atomic E-state index is 10.2. The number of carbonyl (C=O) groups is 2. The Kier molecular flexibility index (Phi) is 5.10. The fourth-order valence-corrected chi connectivity index (χ4v) is 1.16. The Morgan fingerprint density at radius 2 is 1.26 bits per heavy atom. The first kappa shape index (κ1) is 14.2. The molecule has 19 heavy (non-hydrogen) atoms. The first-order valence-electron chi connectivity index (χ1n) is 5.29. The highest BCUT2D eigenvalue weighted by molar-refractivity contribution is 5.87. The molecule has 98 valence electrons. The Morgan fingerprint density at radius 3 is 1.63 bits per heavy atom. The number of aromatic hydroxyl groups is 2. The lowest BCUT2D eigenvalue weighted by Gasteiger charge is -1.92. The van der Waals surface area contributed by atoms with E-state index in [1.165, 1.54) is 36.4 Å². The molecule has 0 fully saturated rings. The molecule has 0 heterocycles. The Bertz CT molecular complexity index is 543. The molecular formula is C14H12O5. The number of hydrogen-bond acceptors (Lipinski definition) is 4. The monoisotopic (exact) mass is 260 g/mol. The standard InChI is InChI=1S/C7H6O3.C7H6O2/c8-6-3-1-5(2-4-6)7(9)10;8-5-6-1-3-7(9)4-2-6/h1-4,8H,(H,9,10);1-5,9H. The zero-order valence-corrected chi connectivity index (χ0v) is 9.85. The molecule has 0 saturated carbocycles. The second-order valence-electron chi connectivity index (χ2n) is 3.56. The van der Waals surface area contributed by atoms with Gasteiger partial charge < -0.3 is 15.3 Å². The third-order valence-electron chi connectivity index (χ3n) is 2.14. The second-order valence-corrected chi connectivity index (χ2v) is 3.56. The lowest BCUT2D eigenvalue weighted by Crippen LogP contribution is -1.93. The van der Waals surface area contributed by atoms with E-state index in [1.54, 1.807) is 12.1 Å². The van der Waals surface area contributed by atoms with Crippen LogP contribution in [-0.4, -0.2) is 27.6 Å². The topological polar surface area (TPSA) is 94.8 Å². The van der Waals surface area contributed by atoms with Gasteiger partial charge in [-0.05, 0) is 48.5 Å². The van der Waals surface area contributed by atoms with Gasteiger partial charge in [0, 0.05) is 5.56 Å². The van der Waals surface area contributed by atoms with Crippen LogP contribution in [0.15, 0.2) is 48.5 Å². The molecule has 0 saturated heterocycles. The van der Waals surface area contributed by atoms with Gasteiger partial charge in [-0.25, -0.2) is 4.79 Å². The van der Waals surface area contributed by atoms with Crippen molar-refractivity contribution in [2.24, 2.45) is 0 Å². The molecule has 0 aliphatic carbocycles. The molecule has 2 rings (SSSR count). The first-order valence-corrected chi connectivity index (χ1v) is 5.29. The first-order chi connectivity index (χ1) is 9.02. The predicted molar refractivity (Wildman–Crippen MR) is 68.6 cm³/mol. The molecule has 0 bridgehead atoms. The van der Waals surface area contributed by atoms with E-state index in [4.69, 9.17) is 15.3 Å². The molecule has 2 aromatic carbocycles. The normalized spacial score (nSPS) is 9.05. The molecular weight excluding hydrogens is 248 g/mol. The summed E-state index contributed by atoms with van der Waals surface area (Å²) in [5.74, 6) is -0.731. The highest BCUT2D eigenvalue weighted by Crippen LogP contribution is 2.09. The van der Waals surface area contributed by atoms with Gasteiger partial charge in [-0.2, -0.15) is 0 Å². The molecule has 5 heteroatoms. The number of carbonyl (C=O) groups excluding carboxylic acids is 1. The molecule has 0 radical (unpaired) electrons. The summed E-state index contributed by atoms with van der Waals surface area (Å²) >= 11 is 0. The van der Waals surface area contributed by atoms with E-state index in [0.29, 0.717) is 5.56 Å². The van der Waals surface area contributed by atoms with E-state index in [1.807, 2.05) is 0 Å². The number of carboxylic acid groups (broad SMARTS) is 1. The maximum atomic E-state index is 10.2. The minimum Gasteiger partial charge on any atom is -0.508 e. The largest absolute Gasteiger partial charge is 0.508 e. The zero-order chi connectivity index (χ0) is 14.3. The zero-order valence-electron chi connectivity index (χ0n) is 9.85. The smallest absolute Gasteiger partial charge is 0.335 e. The van der Waals surface area contributed by atoms with Crippen LogP contribution in [0, 0.1) is 0 Å². The van der Waals surface area contributed by atoms with E-state index in [0.717, 1.165) is 6.29 Å². The maximum Gasteiger partial charge on any atom is 0.335 e. The van der Waals surface area contributed by atoms with Crippen LogP contribution < -0.4 is 0 Å². The van der Waals surface area contributed by atoms with Crippen molar-refractivity contribution < 1.29 is 24.9 Å². The van der Waals surface area contributed by atoms with Crippen LogP contribution in [0.5, 0.6) is 11.5 Å². The quantitative estimate of drug-likeness (QED) is 0.720. The van der Waals surface area contributed by atoms with Gasteiger partial charge in [-0.3, -0.25) is 4.79 Å². The average Bonchev–Trinajstić information content (AvgIpc) is 2.41. The van der Waals surface area contributed by atoms with Crippen LogP contribution in [0.25, 0.3) is 0 Å². The molecule has 0 spiro atoms.